The van der Waals surface area contributed by atoms with E-state index in [1.54, 1.807) is 13.2 Å². The van der Waals surface area contributed by atoms with Crippen molar-refractivity contribution in [3.8, 4) is 11.3 Å². The third-order valence-electron chi connectivity index (χ3n) is 3.75. The second kappa shape index (κ2) is 8.24. The summed E-state index contributed by atoms with van der Waals surface area (Å²) in [6, 6.07) is 8.21. The van der Waals surface area contributed by atoms with E-state index in [9.17, 15) is 0 Å². The van der Waals surface area contributed by atoms with Gasteiger partial charge in [-0.1, -0.05) is 29.8 Å². The van der Waals surface area contributed by atoms with Gasteiger partial charge in [0.05, 0.1) is 12.7 Å². The third-order valence-corrected chi connectivity index (χ3v) is 5.00. The van der Waals surface area contributed by atoms with E-state index in [1.165, 1.54) is 5.56 Å². The molecule has 0 spiro atoms. The summed E-state index contributed by atoms with van der Waals surface area (Å²) in [4.78, 5) is 8.56. The number of hydrogen-bond donors (Lipinski definition) is 2. The lowest BCUT2D eigenvalue weighted by molar-refractivity contribution is 0.497. The molecule has 1 heterocycles. The fourth-order valence-corrected chi connectivity index (χ4v) is 2.21. The van der Waals surface area contributed by atoms with Gasteiger partial charge in [0.15, 0.2) is 11.7 Å². The molecule has 0 saturated carbocycles. The van der Waals surface area contributed by atoms with Crippen molar-refractivity contribution in [2.75, 3.05) is 19.8 Å². The molecule has 0 aliphatic carbocycles. The van der Waals surface area contributed by atoms with Crippen molar-refractivity contribution >= 4 is 17.7 Å². The molecule has 1 aromatic carbocycles. The number of guanidine groups is 1. The first-order chi connectivity index (χ1) is 11.4. The number of oxazole rings is 1. The van der Waals surface area contributed by atoms with Crippen LogP contribution < -0.4 is 10.6 Å². The second-order valence-corrected chi connectivity index (χ2v) is 7.74. The first-order valence-corrected chi connectivity index (χ1v) is 9.17. The Morgan fingerprint density at radius 1 is 1.25 bits per heavy atom. The molecule has 5 nitrogen and oxygen atoms in total. The summed E-state index contributed by atoms with van der Waals surface area (Å²) < 4.78 is 5.96. The fourth-order valence-electron chi connectivity index (χ4n) is 1.99. The summed E-state index contributed by atoms with van der Waals surface area (Å²) in [5.74, 6) is 2.16. The monoisotopic (exact) mass is 346 g/mol. The minimum atomic E-state index is 0.152. The Hall–Kier alpha value is -1.95. The van der Waals surface area contributed by atoms with Crippen LogP contribution in [0.25, 0.3) is 11.3 Å². The van der Waals surface area contributed by atoms with E-state index < -0.39 is 0 Å². The molecule has 2 rings (SSSR count). The normalized spacial score (nSPS) is 12.3. The van der Waals surface area contributed by atoms with E-state index in [2.05, 4.69) is 59.8 Å². The molecule has 0 radical (unpaired) electrons. The maximum atomic E-state index is 5.81. The lowest BCUT2D eigenvalue weighted by Gasteiger charge is -2.23. The van der Waals surface area contributed by atoms with Crippen LogP contribution in [0.2, 0.25) is 0 Å². The van der Waals surface area contributed by atoms with Gasteiger partial charge < -0.3 is 15.1 Å². The highest BCUT2D eigenvalue weighted by Crippen LogP contribution is 2.21. The molecule has 0 saturated heterocycles. The zero-order valence-electron chi connectivity index (χ0n) is 15.0. The molecule has 0 fully saturated rings. The summed E-state index contributed by atoms with van der Waals surface area (Å²) in [6.45, 7) is 7.77. The van der Waals surface area contributed by atoms with Gasteiger partial charge in [0, 0.05) is 23.9 Å². The molecule has 0 atom stereocenters. The summed E-state index contributed by atoms with van der Waals surface area (Å²) >= 11 is 1.82. The van der Waals surface area contributed by atoms with Crippen LogP contribution in [0.5, 0.6) is 0 Å². The summed E-state index contributed by atoms with van der Waals surface area (Å²) in [5.41, 5.74) is 2.26. The van der Waals surface area contributed by atoms with Gasteiger partial charge >= 0.3 is 0 Å². The lowest BCUT2D eigenvalue weighted by atomic mass is 10.1. The zero-order valence-corrected chi connectivity index (χ0v) is 15.8. The predicted molar refractivity (Wildman–Crippen MR) is 102 cm³/mol. The Morgan fingerprint density at radius 3 is 2.58 bits per heavy atom. The van der Waals surface area contributed by atoms with E-state index in [-0.39, 0.29) is 4.75 Å². The van der Waals surface area contributed by atoms with Crippen molar-refractivity contribution in [3.63, 3.8) is 0 Å². The Labute approximate surface area is 148 Å². The highest BCUT2D eigenvalue weighted by atomic mass is 32.2. The van der Waals surface area contributed by atoms with Gasteiger partial charge in [0.25, 0.3) is 0 Å². The van der Waals surface area contributed by atoms with E-state index in [0.717, 1.165) is 23.8 Å². The van der Waals surface area contributed by atoms with Gasteiger partial charge in [-0.3, -0.25) is 4.99 Å². The van der Waals surface area contributed by atoms with E-state index in [0.29, 0.717) is 12.4 Å². The van der Waals surface area contributed by atoms with Gasteiger partial charge in [0.2, 0.25) is 5.89 Å². The maximum absolute atomic E-state index is 5.81. The van der Waals surface area contributed by atoms with Crippen molar-refractivity contribution in [3.05, 3.63) is 41.9 Å². The second-order valence-electron chi connectivity index (χ2n) is 6.23. The first-order valence-electron chi connectivity index (χ1n) is 7.95. The first kappa shape index (κ1) is 18.4. The van der Waals surface area contributed by atoms with Crippen LogP contribution in [0.4, 0.5) is 0 Å². The van der Waals surface area contributed by atoms with Gasteiger partial charge in [-0.25, -0.2) is 4.98 Å². The summed E-state index contributed by atoms with van der Waals surface area (Å²) in [7, 11) is 1.76. The maximum Gasteiger partial charge on any atom is 0.214 e. The van der Waals surface area contributed by atoms with Gasteiger partial charge in [-0.2, -0.15) is 11.8 Å². The number of nitrogens with zero attached hydrogens (tertiary/aromatic N) is 2. The third kappa shape index (κ3) is 5.30. The Kier molecular flexibility index (Phi) is 6.31. The van der Waals surface area contributed by atoms with Crippen molar-refractivity contribution in [2.24, 2.45) is 4.99 Å². The van der Waals surface area contributed by atoms with Crippen LogP contribution in [0.15, 0.2) is 39.9 Å². The molecule has 6 heteroatoms. The number of aliphatic imine (C=N–C) groups is 1. The molecular weight excluding hydrogens is 320 g/mol. The smallest absolute Gasteiger partial charge is 0.214 e. The fraction of sp³-hybridized carbons (Fsp3) is 0.444. The molecule has 24 heavy (non-hydrogen) atoms. The molecule has 0 amide bonds. The summed E-state index contributed by atoms with van der Waals surface area (Å²) in [6.07, 6.45) is 3.87. The molecule has 0 unspecified atom stereocenters. The molecule has 0 bridgehead atoms. The molecule has 0 aliphatic rings. The van der Waals surface area contributed by atoms with Crippen LogP contribution in [0, 0.1) is 6.92 Å². The molecule has 1 aromatic heterocycles. The molecule has 0 aliphatic heterocycles. The molecule has 130 valence electrons. The Bertz CT molecular complexity index is 677. The topological polar surface area (TPSA) is 62.5 Å². The number of thioether (sulfide) groups is 1. The Morgan fingerprint density at radius 2 is 1.96 bits per heavy atom. The number of hydrogen-bond acceptors (Lipinski definition) is 4. The predicted octanol–water partition coefficient (Wildman–Crippen LogP) is 3.46. The Balaban J connectivity index is 1.91. The van der Waals surface area contributed by atoms with Crippen LogP contribution in [0.3, 0.4) is 0 Å². The largest absolute Gasteiger partial charge is 0.439 e. The quantitative estimate of drug-likeness (QED) is 0.619. The number of aromatic nitrogens is 1. The SMILES string of the molecule is CN=C(NCc1ncc(-c2ccc(C)cc2)o1)NCC(C)(C)SC. The molecule has 2 aromatic rings. The van der Waals surface area contributed by atoms with Gasteiger partial charge in [0.1, 0.15) is 0 Å². The minimum Gasteiger partial charge on any atom is -0.439 e. The van der Waals surface area contributed by atoms with Gasteiger partial charge in [-0.05, 0) is 27.0 Å². The van der Waals surface area contributed by atoms with Crippen molar-refractivity contribution < 1.29 is 4.42 Å². The van der Waals surface area contributed by atoms with E-state index >= 15 is 0 Å². The minimum absolute atomic E-state index is 0.152. The van der Waals surface area contributed by atoms with Crippen molar-refractivity contribution in [2.45, 2.75) is 32.1 Å². The average molecular weight is 347 g/mol. The van der Waals surface area contributed by atoms with E-state index in [4.69, 9.17) is 4.42 Å². The number of benzene rings is 1. The van der Waals surface area contributed by atoms with E-state index in [1.807, 2.05) is 23.9 Å². The van der Waals surface area contributed by atoms with Crippen LogP contribution >= 0.6 is 11.8 Å². The molecular formula is C18H26N4OS. The average Bonchev–Trinajstić information content (AvgIpc) is 3.04. The lowest BCUT2D eigenvalue weighted by Crippen LogP contribution is -2.43. The highest BCUT2D eigenvalue weighted by molar-refractivity contribution is 7.99. The number of aryl methyl sites for hydroxylation is 1. The van der Waals surface area contributed by atoms with Crippen molar-refractivity contribution in [1.29, 1.82) is 0 Å². The summed E-state index contributed by atoms with van der Waals surface area (Å²) in [5, 5.41) is 6.55. The van der Waals surface area contributed by atoms with Gasteiger partial charge in [-0.15, -0.1) is 0 Å². The standard InChI is InChI=1S/C18H26N4OS/c1-13-6-8-14(9-7-13)15-10-20-16(23-15)11-21-17(19-4)22-12-18(2,3)24-5/h6-10H,11-12H2,1-5H3,(H2,19,21,22). The van der Waals surface area contributed by atoms with Crippen LogP contribution in [-0.2, 0) is 6.54 Å². The number of nitrogens with one attached hydrogen (secondary N) is 2. The van der Waals surface area contributed by atoms with Crippen LogP contribution in [-0.4, -0.2) is 35.5 Å². The zero-order chi connectivity index (χ0) is 17.6. The van der Waals surface area contributed by atoms with Crippen LogP contribution in [0.1, 0.15) is 25.3 Å². The molecule has 2 N–H and O–H groups in total. The highest BCUT2D eigenvalue weighted by Gasteiger charge is 2.16. The number of rotatable bonds is 6. The van der Waals surface area contributed by atoms with Crippen molar-refractivity contribution in [1.82, 2.24) is 15.6 Å².